The third kappa shape index (κ3) is 4.56. The standard InChI is InChI=1S/C12H7N3OS.C6H9N3/c16-12-11(17-7-14-12)6-8-3-4-9-10(15-8)2-1-5-13-9;1-5-3-9-6(2-7)4-8-5/h1-7H;3-4H,2,7H2,1H3/b11-6-;. The Morgan fingerprint density at radius 1 is 1.12 bits per heavy atom. The predicted molar refractivity (Wildman–Crippen MR) is 103 cm³/mol. The second-order valence-corrected chi connectivity index (χ2v) is 6.18. The molecule has 4 rings (SSSR count). The summed E-state index contributed by atoms with van der Waals surface area (Å²) in [6.07, 6.45) is 6.87. The minimum absolute atomic E-state index is 0.205. The Kier molecular flexibility index (Phi) is 5.77. The van der Waals surface area contributed by atoms with Crippen LogP contribution < -0.4 is 5.73 Å². The fourth-order valence-electron chi connectivity index (χ4n) is 2.05. The van der Waals surface area contributed by atoms with Gasteiger partial charge in [-0.05, 0) is 37.3 Å². The number of aliphatic imine (C=N–C) groups is 1. The van der Waals surface area contributed by atoms with Gasteiger partial charge in [0, 0.05) is 25.1 Å². The highest BCUT2D eigenvalue weighted by atomic mass is 32.2. The monoisotopic (exact) mass is 364 g/mol. The lowest BCUT2D eigenvalue weighted by Gasteiger charge is -1.98. The Morgan fingerprint density at radius 2 is 2.00 bits per heavy atom. The van der Waals surface area contributed by atoms with Crippen LogP contribution in [0.25, 0.3) is 17.1 Å². The number of rotatable bonds is 2. The molecule has 0 saturated heterocycles. The first-order valence-corrected chi connectivity index (χ1v) is 8.68. The third-order valence-corrected chi connectivity index (χ3v) is 4.12. The molecular formula is C18H16N6OS. The quantitative estimate of drug-likeness (QED) is 0.696. The molecule has 2 N–H and O–H groups in total. The van der Waals surface area contributed by atoms with E-state index in [0.717, 1.165) is 28.1 Å². The maximum atomic E-state index is 11.3. The smallest absolute Gasteiger partial charge is 0.284 e. The summed E-state index contributed by atoms with van der Waals surface area (Å²) in [5, 5.41) is 0. The number of fused-ring (bicyclic) bond motifs is 1. The average Bonchev–Trinajstić information content (AvgIpc) is 3.07. The van der Waals surface area contributed by atoms with E-state index < -0.39 is 0 Å². The van der Waals surface area contributed by atoms with Crippen molar-refractivity contribution in [1.29, 1.82) is 0 Å². The Bertz CT molecular complexity index is 984. The first-order valence-electron chi connectivity index (χ1n) is 7.80. The lowest BCUT2D eigenvalue weighted by molar-refractivity contribution is -0.113. The maximum Gasteiger partial charge on any atom is 0.284 e. The minimum atomic E-state index is -0.205. The third-order valence-electron chi connectivity index (χ3n) is 3.36. The van der Waals surface area contributed by atoms with Gasteiger partial charge in [0.1, 0.15) is 0 Å². The van der Waals surface area contributed by atoms with Crippen molar-refractivity contribution in [2.75, 3.05) is 0 Å². The molecule has 26 heavy (non-hydrogen) atoms. The zero-order valence-electron chi connectivity index (χ0n) is 14.0. The van der Waals surface area contributed by atoms with Gasteiger partial charge in [0.2, 0.25) is 0 Å². The molecule has 7 nitrogen and oxygen atoms in total. The number of hydrogen-bond donors (Lipinski definition) is 1. The highest BCUT2D eigenvalue weighted by molar-refractivity contribution is 8.16. The first-order chi connectivity index (χ1) is 12.7. The van der Waals surface area contributed by atoms with Crippen molar-refractivity contribution in [2.24, 2.45) is 10.7 Å². The van der Waals surface area contributed by atoms with Crippen molar-refractivity contribution in [2.45, 2.75) is 13.5 Å². The Hall–Kier alpha value is -2.97. The van der Waals surface area contributed by atoms with Crippen molar-refractivity contribution < 1.29 is 4.79 Å². The number of aryl methyl sites for hydroxylation is 1. The molecule has 0 radical (unpaired) electrons. The molecule has 8 heteroatoms. The molecule has 0 saturated carbocycles. The van der Waals surface area contributed by atoms with E-state index in [4.69, 9.17) is 5.73 Å². The van der Waals surface area contributed by atoms with E-state index in [1.807, 2.05) is 31.2 Å². The van der Waals surface area contributed by atoms with E-state index in [-0.39, 0.29) is 5.91 Å². The fourth-order valence-corrected chi connectivity index (χ4v) is 2.66. The second-order valence-electron chi connectivity index (χ2n) is 5.30. The Morgan fingerprint density at radius 3 is 2.69 bits per heavy atom. The summed E-state index contributed by atoms with van der Waals surface area (Å²) < 4.78 is 0. The molecule has 130 valence electrons. The molecule has 0 aromatic carbocycles. The normalized spacial score (nSPS) is 14.5. The van der Waals surface area contributed by atoms with Gasteiger partial charge >= 0.3 is 0 Å². The molecule has 0 unspecified atom stereocenters. The molecule has 0 atom stereocenters. The summed E-state index contributed by atoms with van der Waals surface area (Å²) in [6.45, 7) is 2.36. The molecule has 3 aromatic rings. The molecule has 1 aliphatic rings. The van der Waals surface area contributed by atoms with Crippen LogP contribution in [-0.4, -0.2) is 31.4 Å². The highest BCUT2D eigenvalue weighted by Crippen LogP contribution is 2.23. The predicted octanol–water partition coefficient (Wildman–Crippen LogP) is 2.52. The van der Waals surface area contributed by atoms with E-state index in [0.29, 0.717) is 11.4 Å². The Balaban J connectivity index is 0.000000185. The van der Waals surface area contributed by atoms with Crippen molar-refractivity contribution >= 4 is 40.3 Å². The molecular weight excluding hydrogens is 348 g/mol. The van der Waals surface area contributed by atoms with Crippen LogP contribution in [0.5, 0.6) is 0 Å². The van der Waals surface area contributed by atoms with Gasteiger partial charge in [0.15, 0.2) is 0 Å². The van der Waals surface area contributed by atoms with Crippen molar-refractivity contribution in [3.05, 3.63) is 64.8 Å². The lowest BCUT2D eigenvalue weighted by Crippen LogP contribution is -1.99. The van der Waals surface area contributed by atoms with Gasteiger partial charge in [-0.1, -0.05) is 11.8 Å². The first kappa shape index (κ1) is 17.8. The van der Waals surface area contributed by atoms with Crippen LogP contribution >= 0.6 is 11.8 Å². The van der Waals surface area contributed by atoms with Crippen LogP contribution in [0.1, 0.15) is 17.1 Å². The van der Waals surface area contributed by atoms with Gasteiger partial charge in [-0.2, -0.15) is 0 Å². The molecule has 0 spiro atoms. The van der Waals surface area contributed by atoms with E-state index in [2.05, 4.69) is 24.9 Å². The van der Waals surface area contributed by atoms with Crippen molar-refractivity contribution in [3.8, 4) is 0 Å². The number of thioether (sulfide) groups is 1. The van der Waals surface area contributed by atoms with Gasteiger partial charge < -0.3 is 5.73 Å². The minimum Gasteiger partial charge on any atom is -0.325 e. The number of hydrogen-bond acceptors (Lipinski definition) is 7. The van der Waals surface area contributed by atoms with Crippen LogP contribution in [0.4, 0.5) is 0 Å². The van der Waals surface area contributed by atoms with Gasteiger partial charge in [0.25, 0.3) is 5.91 Å². The van der Waals surface area contributed by atoms with Crippen LogP contribution in [0.2, 0.25) is 0 Å². The summed E-state index contributed by atoms with van der Waals surface area (Å²) in [7, 11) is 0. The molecule has 3 aromatic heterocycles. The van der Waals surface area contributed by atoms with Gasteiger partial charge in [0.05, 0.1) is 38.6 Å². The van der Waals surface area contributed by atoms with Crippen molar-refractivity contribution in [1.82, 2.24) is 19.9 Å². The molecule has 0 aliphatic carbocycles. The number of nitrogens with two attached hydrogens (primary N) is 1. The lowest BCUT2D eigenvalue weighted by atomic mass is 10.2. The van der Waals surface area contributed by atoms with E-state index in [9.17, 15) is 4.79 Å². The molecule has 1 aliphatic heterocycles. The molecule has 0 bridgehead atoms. The topological polar surface area (TPSA) is 107 Å². The SMILES string of the molecule is Cc1cnc(CN)cn1.O=C1N=CS/C1=C\c1ccc2ncccc2n1. The number of aromatic nitrogens is 4. The number of carbonyl (C=O) groups is 1. The highest BCUT2D eigenvalue weighted by Gasteiger charge is 2.13. The summed E-state index contributed by atoms with van der Waals surface area (Å²) >= 11 is 1.31. The zero-order valence-corrected chi connectivity index (χ0v) is 14.8. The van der Waals surface area contributed by atoms with Gasteiger partial charge in [-0.15, -0.1) is 0 Å². The molecule has 1 amide bonds. The molecule has 0 fully saturated rings. The number of amides is 1. The van der Waals surface area contributed by atoms with E-state index >= 15 is 0 Å². The number of nitrogens with zero attached hydrogens (tertiary/aromatic N) is 5. The van der Waals surface area contributed by atoms with Gasteiger partial charge in [-0.3, -0.25) is 19.7 Å². The Labute approximate surface area is 154 Å². The number of pyridine rings is 2. The van der Waals surface area contributed by atoms with Crippen molar-refractivity contribution in [3.63, 3.8) is 0 Å². The van der Waals surface area contributed by atoms with E-state index in [1.54, 1.807) is 24.7 Å². The zero-order chi connectivity index (χ0) is 18.4. The maximum absolute atomic E-state index is 11.3. The summed E-state index contributed by atoms with van der Waals surface area (Å²) in [5.74, 6) is -0.205. The van der Waals surface area contributed by atoms with Crippen LogP contribution in [-0.2, 0) is 11.3 Å². The summed E-state index contributed by atoms with van der Waals surface area (Å²) in [5.41, 5.74) is 11.0. The summed E-state index contributed by atoms with van der Waals surface area (Å²) in [4.78, 5) is 32.2. The molecule has 4 heterocycles. The average molecular weight is 364 g/mol. The second kappa shape index (κ2) is 8.41. The van der Waals surface area contributed by atoms with E-state index in [1.165, 1.54) is 17.3 Å². The fraction of sp³-hybridized carbons (Fsp3) is 0.111. The van der Waals surface area contributed by atoms with Crippen LogP contribution in [0, 0.1) is 6.92 Å². The largest absolute Gasteiger partial charge is 0.325 e. The van der Waals surface area contributed by atoms with Crippen LogP contribution in [0.15, 0.2) is 52.8 Å². The van der Waals surface area contributed by atoms with Gasteiger partial charge in [-0.25, -0.2) is 9.98 Å². The summed E-state index contributed by atoms with van der Waals surface area (Å²) in [6, 6.07) is 7.46. The van der Waals surface area contributed by atoms with Crippen LogP contribution in [0.3, 0.4) is 0 Å². The number of carbonyl (C=O) groups excluding carboxylic acids is 1.